The molecule has 0 spiro atoms. The monoisotopic (exact) mass is 561 g/mol. The molecule has 0 bridgehead atoms. The highest BCUT2D eigenvalue weighted by Gasteiger charge is 2.38. The summed E-state index contributed by atoms with van der Waals surface area (Å²) in [4.78, 5) is 30.3. The van der Waals surface area contributed by atoms with Gasteiger partial charge in [-0.25, -0.2) is 18.1 Å². The molecule has 2 aliphatic rings. The third-order valence-corrected chi connectivity index (χ3v) is 8.87. The maximum Gasteiger partial charge on any atom is 0.158 e. The second kappa shape index (κ2) is 9.84. The largest absolute Gasteiger partial charge is 0.496 e. The molecule has 0 aromatic carbocycles. The minimum atomic E-state index is -3.07. The van der Waals surface area contributed by atoms with Gasteiger partial charge in [0.15, 0.2) is 11.6 Å². The number of hydrogen-bond acceptors (Lipinski definition) is 10. The van der Waals surface area contributed by atoms with Crippen molar-refractivity contribution < 1.29 is 17.9 Å². The zero-order chi connectivity index (χ0) is 28.2. The molecule has 6 rings (SSSR count). The molecular weight excluding hydrogens is 530 g/mol. The van der Waals surface area contributed by atoms with Crippen molar-refractivity contribution in [2.75, 3.05) is 48.6 Å². The average molecular weight is 562 g/mol. The van der Waals surface area contributed by atoms with Gasteiger partial charge in [0, 0.05) is 79.0 Å². The zero-order valence-corrected chi connectivity index (χ0v) is 23.7. The van der Waals surface area contributed by atoms with Crippen LogP contribution >= 0.6 is 0 Å². The number of ether oxygens (including phenoxy) is 1. The summed E-state index contributed by atoms with van der Waals surface area (Å²) in [6.07, 6.45) is 6.96. The SMILES string of the molecule is COc1ccncc1-c1cc2c(cnn2-c2cc(N3C[C@H](CS(C)(=O)=O)[C@H]3C)cc(N3CCC(=O)C3)n2)c(C)n1. The summed E-state index contributed by atoms with van der Waals surface area (Å²) in [7, 11) is -1.46. The normalized spacial score (nSPS) is 19.4. The van der Waals surface area contributed by atoms with E-state index in [1.807, 2.05) is 36.9 Å². The number of hydrogen-bond donors (Lipinski definition) is 0. The highest BCUT2D eigenvalue weighted by Crippen LogP contribution is 2.36. The molecule has 2 atom stereocenters. The van der Waals surface area contributed by atoms with Crippen molar-refractivity contribution in [3.8, 4) is 22.8 Å². The van der Waals surface area contributed by atoms with Gasteiger partial charge in [-0.05, 0) is 26.0 Å². The van der Waals surface area contributed by atoms with Crippen molar-refractivity contribution in [3.05, 3.63) is 48.5 Å². The van der Waals surface area contributed by atoms with E-state index in [1.165, 1.54) is 6.26 Å². The Morgan fingerprint density at radius 3 is 2.62 bits per heavy atom. The van der Waals surface area contributed by atoms with Gasteiger partial charge in [-0.1, -0.05) is 0 Å². The van der Waals surface area contributed by atoms with Crippen molar-refractivity contribution in [2.24, 2.45) is 5.92 Å². The molecule has 12 heteroatoms. The highest BCUT2D eigenvalue weighted by atomic mass is 32.2. The quantitative estimate of drug-likeness (QED) is 0.333. The number of carbonyl (C=O) groups excluding carboxylic acids is 1. The Kier molecular flexibility index (Phi) is 6.44. The fourth-order valence-electron chi connectivity index (χ4n) is 5.61. The number of ketones is 1. The van der Waals surface area contributed by atoms with E-state index >= 15 is 0 Å². The number of Topliss-reactive ketones (excluding diaryl/α,β-unsaturated/α-hetero) is 1. The van der Waals surface area contributed by atoms with E-state index < -0.39 is 9.84 Å². The first-order valence-electron chi connectivity index (χ1n) is 13.2. The summed E-state index contributed by atoms with van der Waals surface area (Å²) < 4.78 is 31.2. The second-order valence-electron chi connectivity index (χ2n) is 10.7. The summed E-state index contributed by atoms with van der Waals surface area (Å²) in [5.74, 6) is 2.37. The van der Waals surface area contributed by atoms with Gasteiger partial charge >= 0.3 is 0 Å². The Bertz CT molecular complexity index is 1740. The average Bonchev–Trinajstić information content (AvgIpc) is 3.56. The van der Waals surface area contributed by atoms with E-state index in [4.69, 9.17) is 19.8 Å². The van der Waals surface area contributed by atoms with Crippen molar-refractivity contribution in [3.63, 3.8) is 0 Å². The van der Waals surface area contributed by atoms with E-state index in [2.05, 4.69) is 9.88 Å². The predicted molar refractivity (Wildman–Crippen MR) is 153 cm³/mol. The molecule has 4 aromatic heterocycles. The molecule has 0 aliphatic carbocycles. The molecule has 0 saturated carbocycles. The third kappa shape index (κ3) is 4.76. The first-order valence-corrected chi connectivity index (χ1v) is 15.2. The molecular formula is C28H31N7O4S. The molecule has 11 nitrogen and oxygen atoms in total. The first kappa shape index (κ1) is 26.2. The standard InChI is InChI=1S/C28H31N7O4S/c1-17-22-13-30-35(25(22)11-24(31-17)23-12-29-7-5-26(23)39-3)28-10-20(9-27(32-28)33-8-6-21(36)15-33)34-14-19(18(34)2)16-40(4,37)38/h5,7,9-13,18-19H,6,8,14-16H2,1-4H3/t18-,19-/m1/s1. The maximum atomic E-state index is 12.1. The molecule has 2 saturated heterocycles. The summed E-state index contributed by atoms with van der Waals surface area (Å²) in [6, 6.07) is 7.76. The number of rotatable bonds is 7. The Labute approximate surface area is 232 Å². The van der Waals surface area contributed by atoms with Crippen LogP contribution in [0.2, 0.25) is 0 Å². The zero-order valence-electron chi connectivity index (χ0n) is 22.9. The van der Waals surface area contributed by atoms with Crippen molar-refractivity contribution in [1.29, 1.82) is 0 Å². The molecule has 2 fully saturated rings. The van der Waals surface area contributed by atoms with Crippen molar-refractivity contribution >= 4 is 38.0 Å². The van der Waals surface area contributed by atoms with E-state index in [0.717, 1.165) is 27.8 Å². The van der Waals surface area contributed by atoms with Crippen molar-refractivity contribution in [2.45, 2.75) is 26.3 Å². The first-order chi connectivity index (χ1) is 19.1. The summed E-state index contributed by atoms with van der Waals surface area (Å²) in [5, 5.41) is 5.59. The van der Waals surface area contributed by atoms with Crippen LogP contribution in [0.1, 0.15) is 19.0 Å². The van der Waals surface area contributed by atoms with Gasteiger partial charge in [-0.3, -0.25) is 14.8 Å². The summed E-state index contributed by atoms with van der Waals surface area (Å²) in [6.45, 7) is 5.54. The topological polar surface area (TPSA) is 123 Å². The number of nitrogens with zero attached hydrogens (tertiary/aromatic N) is 7. The van der Waals surface area contributed by atoms with Crippen LogP contribution in [0.5, 0.6) is 5.75 Å². The molecule has 208 valence electrons. The van der Waals surface area contributed by atoms with E-state index in [1.54, 1.807) is 36.4 Å². The van der Waals surface area contributed by atoms with Crippen LogP contribution in [0, 0.1) is 12.8 Å². The molecule has 4 aromatic rings. The van der Waals surface area contributed by atoms with E-state index in [-0.39, 0.29) is 23.5 Å². The second-order valence-corrected chi connectivity index (χ2v) is 12.8. The van der Waals surface area contributed by atoms with Crippen LogP contribution in [0.15, 0.2) is 42.9 Å². The molecule has 0 unspecified atom stereocenters. The number of pyridine rings is 3. The highest BCUT2D eigenvalue weighted by molar-refractivity contribution is 7.90. The lowest BCUT2D eigenvalue weighted by Gasteiger charge is -2.48. The van der Waals surface area contributed by atoms with Gasteiger partial charge in [-0.2, -0.15) is 5.10 Å². The third-order valence-electron chi connectivity index (χ3n) is 7.84. The number of anilines is 2. The Morgan fingerprint density at radius 2 is 1.93 bits per heavy atom. The molecule has 40 heavy (non-hydrogen) atoms. The van der Waals surface area contributed by atoms with Gasteiger partial charge in [0.1, 0.15) is 21.4 Å². The van der Waals surface area contributed by atoms with Crippen LogP contribution in [0.4, 0.5) is 11.5 Å². The maximum absolute atomic E-state index is 12.1. The van der Waals surface area contributed by atoms with Gasteiger partial charge in [0.05, 0.1) is 42.4 Å². The number of sulfone groups is 1. The minimum Gasteiger partial charge on any atom is -0.496 e. The lowest BCUT2D eigenvalue weighted by atomic mass is 9.91. The Balaban J connectivity index is 1.45. The van der Waals surface area contributed by atoms with Crippen molar-refractivity contribution in [1.82, 2.24) is 24.7 Å². The van der Waals surface area contributed by atoms with Crippen LogP contribution in [0.3, 0.4) is 0 Å². The minimum absolute atomic E-state index is 0.0449. The van der Waals surface area contributed by atoms with E-state index in [0.29, 0.717) is 49.1 Å². The predicted octanol–water partition coefficient (Wildman–Crippen LogP) is 2.84. The Hall–Kier alpha value is -4.06. The summed E-state index contributed by atoms with van der Waals surface area (Å²) in [5.41, 5.74) is 4.03. The number of carbonyl (C=O) groups is 1. The molecule has 6 heterocycles. The van der Waals surface area contributed by atoms with E-state index in [9.17, 15) is 13.2 Å². The van der Waals surface area contributed by atoms with Gasteiger partial charge in [0.25, 0.3) is 0 Å². The van der Waals surface area contributed by atoms with Crippen LogP contribution < -0.4 is 14.5 Å². The fourth-order valence-corrected chi connectivity index (χ4v) is 6.77. The summed E-state index contributed by atoms with van der Waals surface area (Å²) >= 11 is 0. The molecule has 0 N–H and O–H groups in total. The number of fused-ring (bicyclic) bond motifs is 1. The van der Waals surface area contributed by atoms with Crippen LogP contribution in [-0.2, 0) is 14.6 Å². The lowest BCUT2D eigenvalue weighted by Crippen LogP contribution is -2.57. The lowest BCUT2D eigenvalue weighted by molar-refractivity contribution is -0.116. The number of aromatic nitrogens is 5. The van der Waals surface area contributed by atoms with Crippen LogP contribution in [-0.4, -0.2) is 83.7 Å². The smallest absolute Gasteiger partial charge is 0.158 e. The fraction of sp³-hybridized carbons (Fsp3) is 0.393. The van der Waals surface area contributed by atoms with Gasteiger partial charge in [0.2, 0.25) is 0 Å². The molecule has 2 aliphatic heterocycles. The molecule has 0 amide bonds. The number of methoxy groups -OCH3 is 1. The molecule has 0 radical (unpaired) electrons. The van der Waals surface area contributed by atoms with Crippen LogP contribution in [0.25, 0.3) is 28.0 Å². The van der Waals surface area contributed by atoms with Gasteiger partial charge in [-0.15, -0.1) is 0 Å². The number of aryl methyl sites for hydroxylation is 1. The Morgan fingerprint density at radius 1 is 1.12 bits per heavy atom. The van der Waals surface area contributed by atoms with Gasteiger partial charge < -0.3 is 14.5 Å².